The molecule has 4 heteroatoms. The summed E-state index contributed by atoms with van der Waals surface area (Å²) in [6.45, 7) is 0.495. The van der Waals surface area contributed by atoms with E-state index < -0.39 is 0 Å². The molecule has 3 aromatic carbocycles. The van der Waals surface area contributed by atoms with E-state index in [-0.39, 0.29) is 11.2 Å². The summed E-state index contributed by atoms with van der Waals surface area (Å²) in [5, 5.41) is 0.501. The van der Waals surface area contributed by atoms with E-state index in [1.54, 1.807) is 18.2 Å². The van der Waals surface area contributed by atoms with Crippen LogP contribution in [0.4, 0.5) is 0 Å². The molecule has 0 saturated carbocycles. The molecular formula is C23H18O4. The van der Waals surface area contributed by atoms with Crippen LogP contribution in [0.2, 0.25) is 0 Å². The van der Waals surface area contributed by atoms with E-state index in [0.29, 0.717) is 23.3 Å². The first-order valence-corrected chi connectivity index (χ1v) is 8.63. The molecule has 0 atom stereocenters. The van der Waals surface area contributed by atoms with Crippen LogP contribution in [0.15, 0.2) is 88.1 Å². The van der Waals surface area contributed by atoms with Crippen LogP contribution in [-0.2, 0) is 6.61 Å². The van der Waals surface area contributed by atoms with Gasteiger partial charge in [0.1, 0.15) is 17.9 Å². The smallest absolute Gasteiger partial charge is 0.235 e. The fourth-order valence-corrected chi connectivity index (χ4v) is 2.94. The number of ether oxygens (including phenoxy) is 2. The standard InChI is InChI=1S/C23H18O4/c1-25-23-21(24)19-9-5-6-10-20(19)27-22(23)17-11-13-18(14-12-17)26-15-16-7-3-2-4-8-16/h2-14H,15H2,1H3. The lowest BCUT2D eigenvalue weighted by molar-refractivity contribution is 0.306. The van der Waals surface area contributed by atoms with Gasteiger partial charge in [0.25, 0.3) is 0 Å². The topological polar surface area (TPSA) is 48.7 Å². The molecule has 1 heterocycles. The Bertz CT molecular complexity index is 1110. The van der Waals surface area contributed by atoms with Gasteiger partial charge in [-0.05, 0) is 42.0 Å². The van der Waals surface area contributed by atoms with Gasteiger partial charge in [-0.2, -0.15) is 0 Å². The normalized spacial score (nSPS) is 10.7. The van der Waals surface area contributed by atoms with E-state index in [0.717, 1.165) is 16.9 Å². The molecule has 0 fully saturated rings. The lowest BCUT2D eigenvalue weighted by Crippen LogP contribution is -2.07. The maximum absolute atomic E-state index is 12.7. The molecule has 0 unspecified atom stereocenters. The van der Waals surface area contributed by atoms with E-state index in [2.05, 4.69) is 0 Å². The predicted octanol–water partition coefficient (Wildman–Crippen LogP) is 5.05. The zero-order valence-electron chi connectivity index (χ0n) is 14.8. The molecule has 0 aliphatic heterocycles. The number of hydrogen-bond donors (Lipinski definition) is 0. The molecule has 1 aromatic heterocycles. The summed E-state index contributed by atoms with van der Waals surface area (Å²) in [7, 11) is 1.47. The van der Waals surface area contributed by atoms with Crippen molar-refractivity contribution in [2.75, 3.05) is 7.11 Å². The van der Waals surface area contributed by atoms with Crippen molar-refractivity contribution in [3.8, 4) is 22.8 Å². The van der Waals surface area contributed by atoms with Crippen LogP contribution in [0.5, 0.6) is 11.5 Å². The van der Waals surface area contributed by atoms with Crippen molar-refractivity contribution in [2.45, 2.75) is 6.61 Å². The molecule has 4 rings (SSSR count). The number of fused-ring (bicyclic) bond motifs is 1. The van der Waals surface area contributed by atoms with Crippen LogP contribution < -0.4 is 14.9 Å². The highest BCUT2D eigenvalue weighted by atomic mass is 16.5. The van der Waals surface area contributed by atoms with Gasteiger partial charge in [0.05, 0.1) is 12.5 Å². The molecule has 27 heavy (non-hydrogen) atoms. The Kier molecular flexibility index (Phi) is 4.62. The van der Waals surface area contributed by atoms with Crippen LogP contribution in [0, 0.1) is 0 Å². The fourth-order valence-electron chi connectivity index (χ4n) is 2.94. The summed E-state index contributed by atoms with van der Waals surface area (Å²) < 4.78 is 17.1. The number of benzene rings is 3. The fraction of sp³-hybridized carbons (Fsp3) is 0.0870. The molecular weight excluding hydrogens is 340 g/mol. The van der Waals surface area contributed by atoms with E-state index in [4.69, 9.17) is 13.9 Å². The molecule has 4 nitrogen and oxygen atoms in total. The minimum atomic E-state index is -0.182. The predicted molar refractivity (Wildman–Crippen MR) is 105 cm³/mol. The highest BCUT2D eigenvalue weighted by Gasteiger charge is 2.16. The zero-order valence-corrected chi connectivity index (χ0v) is 14.8. The number of methoxy groups -OCH3 is 1. The molecule has 0 aliphatic carbocycles. The summed E-state index contributed by atoms with van der Waals surface area (Å²) in [6, 6.07) is 24.5. The van der Waals surface area contributed by atoms with Crippen molar-refractivity contribution in [3.63, 3.8) is 0 Å². The second kappa shape index (κ2) is 7.38. The van der Waals surface area contributed by atoms with Gasteiger partial charge in [0, 0.05) is 5.56 Å². The quantitative estimate of drug-likeness (QED) is 0.501. The first kappa shape index (κ1) is 16.9. The Morgan fingerprint density at radius 1 is 0.852 bits per heavy atom. The molecule has 0 N–H and O–H groups in total. The number of para-hydroxylation sites is 1. The Labute approximate surface area is 156 Å². The molecule has 4 aromatic rings. The van der Waals surface area contributed by atoms with Crippen LogP contribution >= 0.6 is 0 Å². The van der Waals surface area contributed by atoms with Gasteiger partial charge in [-0.1, -0.05) is 42.5 Å². The molecule has 0 aliphatic rings. The zero-order chi connectivity index (χ0) is 18.6. The molecule has 0 amide bonds. The summed E-state index contributed by atoms with van der Waals surface area (Å²) in [5.41, 5.74) is 2.20. The summed E-state index contributed by atoms with van der Waals surface area (Å²) in [6.07, 6.45) is 0. The molecule has 0 saturated heterocycles. The second-order valence-electron chi connectivity index (χ2n) is 6.09. The van der Waals surface area contributed by atoms with Crippen molar-refractivity contribution < 1.29 is 13.9 Å². The third kappa shape index (κ3) is 3.42. The lowest BCUT2D eigenvalue weighted by Gasteiger charge is -2.10. The third-order valence-electron chi connectivity index (χ3n) is 4.33. The van der Waals surface area contributed by atoms with Crippen LogP contribution in [0.25, 0.3) is 22.3 Å². The number of hydrogen-bond acceptors (Lipinski definition) is 4. The van der Waals surface area contributed by atoms with Crippen molar-refractivity contribution in [1.29, 1.82) is 0 Å². The van der Waals surface area contributed by atoms with Crippen LogP contribution in [-0.4, -0.2) is 7.11 Å². The van der Waals surface area contributed by atoms with E-state index in [1.165, 1.54) is 7.11 Å². The van der Waals surface area contributed by atoms with Gasteiger partial charge in [0.15, 0.2) is 5.76 Å². The Morgan fingerprint density at radius 2 is 1.56 bits per heavy atom. The SMILES string of the molecule is COc1c(-c2ccc(OCc3ccccc3)cc2)oc2ccccc2c1=O. The van der Waals surface area contributed by atoms with Crippen molar-refractivity contribution in [1.82, 2.24) is 0 Å². The van der Waals surface area contributed by atoms with Crippen molar-refractivity contribution in [3.05, 3.63) is 94.6 Å². The largest absolute Gasteiger partial charge is 0.490 e. The maximum Gasteiger partial charge on any atom is 0.235 e. The lowest BCUT2D eigenvalue weighted by atomic mass is 10.1. The number of rotatable bonds is 5. The average Bonchev–Trinajstić information content (AvgIpc) is 2.73. The first-order chi connectivity index (χ1) is 13.3. The van der Waals surface area contributed by atoms with Crippen LogP contribution in [0.3, 0.4) is 0 Å². The Balaban J connectivity index is 1.65. The Morgan fingerprint density at radius 3 is 2.30 bits per heavy atom. The van der Waals surface area contributed by atoms with Crippen molar-refractivity contribution in [2.24, 2.45) is 0 Å². The summed E-state index contributed by atoms with van der Waals surface area (Å²) >= 11 is 0. The minimum Gasteiger partial charge on any atom is -0.490 e. The van der Waals surface area contributed by atoms with E-state index in [1.807, 2.05) is 60.7 Å². The van der Waals surface area contributed by atoms with E-state index >= 15 is 0 Å². The Hall–Kier alpha value is -3.53. The molecule has 0 bridgehead atoms. The van der Waals surface area contributed by atoms with Gasteiger partial charge in [-0.3, -0.25) is 4.79 Å². The van der Waals surface area contributed by atoms with E-state index in [9.17, 15) is 4.79 Å². The highest BCUT2D eigenvalue weighted by molar-refractivity contribution is 5.81. The van der Waals surface area contributed by atoms with Crippen molar-refractivity contribution >= 4 is 11.0 Å². The van der Waals surface area contributed by atoms with Gasteiger partial charge < -0.3 is 13.9 Å². The summed E-state index contributed by atoms with van der Waals surface area (Å²) in [4.78, 5) is 12.7. The first-order valence-electron chi connectivity index (χ1n) is 8.63. The van der Waals surface area contributed by atoms with Gasteiger partial charge in [-0.25, -0.2) is 0 Å². The molecule has 0 radical (unpaired) electrons. The minimum absolute atomic E-state index is 0.182. The third-order valence-corrected chi connectivity index (χ3v) is 4.33. The van der Waals surface area contributed by atoms with Gasteiger partial charge in [-0.15, -0.1) is 0 Å². The summed E-state index contributed by atoms with van der Waals surface area (Å²) in [5.74, 6) is 1.35. The molecule has 134 valence electrons. The second-order valence-corrected chi connectivity index (χ2v) is 6.09. The maximum atomic E-state index is 12.7. The van der Waals surface area contributed by atoms with Crippen LogP contribution in [0.1, 0.15) is 5.56 Å². The highest BCUT2D eigenvalue weighted by Crippen LogP contribution is 2.31. The van der Waals surface area contributed by atoms with Gasteiger partial charge in [0.2, 0.25) is 11.2 Å². The van der Waals surface area contributed by atoms with Gasteiger partial charge >= 0.3 is 0 Å². The monoisotopic (exact) mass is 358 g/mol. The molecule has 0 spiro atoms. The average molecular weight is 358 g/mol.